The minimum atomic E-state index is -0.431. The Balaban J connectivity index is 1.73. The monoisotopic (exact) mass is 416 g/mol. The number of H-pyrrole nitrogens is 1. The minimum absolute atomic E-state index is 0.0700. The van der Waals surface area contributed by atoms with E-state index >= 15 is 0 Å². The summed E-state index contributed by atoms with van der Waals surface area (Å²) < 4.78 is 6.37. The Morgan fingerprint density at radius 2 is 1.42 bits per heavy atom. The third kappa shape index (κ3) is 3.36. The summed E-state index contributed by atoms with van der Waals surface area (Å²) in [7, 11) is 0. The molecular weight excluding hydrogens is 388 g/mol. The summed E-state index contributed by atoms with van der Waals surface area (Å²) in [5, 5.41) is 7.44. The Morgan fingerprint density at radius 1 is 0.871 bits per heavy atom. The summed E-state index contributed by atoms with van der Waals surface area (Å²) >= 11 is 0. The van der Waals surface area contributed by atoms with E-state index < -0.39 is 5.92 Å². The van der Waals surface area contributed by atoms with Gasteiger partial charge in [0.2, 0.25) is 0 Å². The summed E-state index contributed by atoms with van der Waals surface area (Å²) in [6.45, 7) is 8.39. The number of ether oxygens (including phenoxy) is 1. The van der Waals surface area contributed by atoms with Crippen LogP contribution in [0, 0.1) is 10.8 Å². The molecule has 2 heterocycles. The first-order valence-electron chi connectivity index (χ1n) is 10.9. The fraction of sp³-hybridized carbons (Fsp3) is 0.423. The average Bonchev–Trinajstić information content (AvgIpc) is 3.14. The molecule has 5 rings (SSSR count). The Kier molecular flexibility index (Phi) is 4.37. The normalized spacial score (nSPS) is 22.8. The average molecular weight is 417 g/mol. The van der Waals surface area contributed by atoms with Crippen molar-refractivity contribution in [2.45, 2.75) is 59.3 Å². The van der Waals surface area contributed by atoms with Crippen LogP contribution in [0.3, 0.4) is 0 Å². The Bertz CT molecular complexity index is 1100. The zero-order chi connectivity index (χ0) is 22.0. The number of rotatable bonds is 2. The number of nitrogens with zero attached hydrogens (tertiary/aromatic N) is 1. The molecule has 0 fully saturated rings. The van der Waals surface area contributed by atoms with Crippen LogP contribution in [-0.2, 0) is 14.3 Å². The molecule has 0 radical (unpaired) electrons. The quantitative estimate of drug-likeness (QED) is 0.704. The van der Waals surface area contributed by atoms with Gasteiger partial charge in [0.15, 0.2) is 11.6 Å². The van der Waals surface area contributed by atoms with Gasteiger partial charge in [-0.1, -0.05) is 58.0 Å². The molecule has 0 saturated heterocycles. The molecule has 31 heavy (non-hydrogen) atoms. The third-order valence-corrected chi connectivity index (χ3v) is 6.62. The van der Waals surface area contributed by atoms with E-state index in [1.807, 2.05) is 30.3 Å². The van der Waals surface area contributed by atoms with Gasteiger partial charge in [-0.15, -0.1) is 0 Å². The SMILES string of the molecule is CC1(C)CC(=O)C2=C(C1)OC1=C(C(=O)CC(C)(C)C1)C2c1cn[nH]c1-c1ccccc1. The van der Waals surface area contributed by atoms with E-state index in [0.717, 1.165) is 28.3 Å². The van der Waals surface area contributed by atoms with Gasteiger partial charge in [-0.3, -0.25) is 14.7 Å². The number of nitrogens with one attached hydrogen (secondary N) is 1. The predicted molar refractivity (Wildman–Crippen MR) is 118 cm³/mol. The maximum atomic E-state index is 13.4. The van der Waals surface area contributed by atoms with Crippen LogP contribution in [-0.4, -0.2) is 21.8 Å². The summed E-state index contributed by atoms with van der Waals surface area (Å²) in [5.41, 5.74) is 3.67. The molecule has 0 spiro atoms. The van der Waals surface area contributed by atoms with E-state index in [-0.39, 0.29) is 22.4 Å². The van der Waals surface area contributed by atoms with E-state index in [1.54, 1.807) is 6.20 Å². The number of aromatic nitrogens is 2. The van der Waals surface area contributed by atoms with Gasteiger partial charge in [0, 0.05) is 42.4 Å². The van der Waals surface area contributed by atoms with Crippen molar-refractivity contribution in [1.29, 1.82) is 0 Å². The first-order chi connectivity index (χ1) is 14.7. The summed E-state index contributed by atoms with van der Waals surface area (Å²) in [6, 6.07) is 9.94. The number of carbonyl (C=O) groups excluding carboxylic acids is 2. The topological polar surface area (TPSA) is 72.1 Å². The van der Waals surface area contributed by atoms with Crippen LogP contribution in [0.15, 0.2) is 59.2 Å². The smallest absolute Gasteiger partial charge is 0.163 e. The van der Waals surface area contributed by atoms with E-state index in [1.165, 1.54) is 0 Å². The van der Waals surface area contributed by atoms with Crippen LogP contribution in [0.1, 0.15) is 64.9 Å². The molecule has 2 aromatic rings. The van der Waals surface area contributed by atoms with Crippen LogP contribution < -0.4 is 0 Å². The number of hydrogen-bond donors (Lipinski definition) is 1. The number of allylic oxidation sites excluding steroid dienone is 4. The Labute approximate surface area is 182 Å². The number of benzene rings is 1. The Morgan fingerprint density at radius 3 is 1.97 bits per heavy atom. The van der Waals surface area contributed by atoms with Crippen molar-refractivity contribution in [1.82, 2.24) is 10.2 Å². The highest BCUT2D eigenvalue weighted by Crippen LogP contribution is 2.54. The molecule has 1 aromatic carbocycles. The van der Waals surface area contributed by atoms with Crippen LogP contribution in [0.2, 0.25) is 0 Å². The largest absolute Gasteiger partial charge is 0.465 e. The van der Waals surface area contributed by atoms with Crippen molar-refractivity contribution < 1.29 is 14.3 Å². The molecule has 0 bridgehead atoms. The van der Waals surface area contributed by atoms with Crippen molar-refractivity contribution in [2.75, 3.05) is 0 Å². The zero-order valence-electron chi connectivity index (χ0n) is 18.5. The minimum Gasteiger partial charge on any atom is -0.465 e. The van der Waals surface area contributed by atoms with Crippen molar-refractivity contribution >= 4 is 11.6 Å². The van der Waals surface area contributed by atoms with Gasteiger partial charge >= 0.3 is 0 Å². The van der Waals surface area contributed by atoms with Crippen LogP contribution in [0.25, 0.3) is 11.3 Å². The second-order valence-corrected chi connectivity index (χ2v) is 10.7. The standard InChI is InChI=1S/C26H28N2O3/c1-25(2)10-17(29)22-19(12-25)31-20-13-26(3,4)11-18(30)23(20)21(22)16-14-27-28-24(16)15-8-6-5-7-9-15/h5-9,14,21H,10-13H2,1-4H3,(H,27,28). The molecule has 5 heteroatoms. The van der Waals surface area contributed by atoms with Crippen LogP contribution in [0.5, 0.6) is 0 Å². The third-order valence-electron chi connectivity index (χ3n) is 6.62. The molecule has 5 nitrogen and oxygen atoms in total. The first-order valence-corrected chi connectivity index (χ1v) is 10.9. The van der Waals surface area contributed by atoms with E-state index in [9.17, 15) is 9.59 Å². The van der Waals surface area contributed by atoms with Crippen molar-refractivity contribution in [3.63, 3.8) is 0 Å². The highest BCUT2D eigenvalue weighted by atomic mass is 16.5. The highest BCUT2D eigenvalue weighted by Gasteiger charge is 2.48. The molecular formula is C26H28N2O3. The van der Waals surface area contributed by atoms with Crippen molar-refractivity contribution in [3.8, 4) is 11.3 Å². The molecule has 1 N–H and O–H groups in total. The van der Waals surface area contributed by atoms with Crippen molar-refractivity contribution in [2.24, 2.45) is 10.8 Å². The fourth-order valence-corrected chi connectivity index (χ4v) is 5.34. The van der Waals surface area contributed by atoms with E-state index in [4.69, 9.17) is 4.74 Å². The summed E-state index contributed by atoms with van der Waals surface area (Å²) in [5.74, 6) is 1.17. The van der Waals surface area contributed by atoms with Gasteiger partial charge in [0.25, 0.3) is 0 Å². The summed E-state index contributed by atoms with van der Waals surface area (Å²) in [4.78, 5) is 26.8. The lowest BCUT2D eigenvalue weighted by molar-refractivity contribution is -0.120. The lowest BCUT2D eigenvalue weighted by Gasteiger charge is -2.42. The van der Waals surface area contributed by atoms with Gasteiger partial charge in [-0.25, -0.2) is 0 Å². The molecule has 1 aromatic heterocycles. The number of carbonyl (C=O) groups is 2. The highest BCUT2D eigenvalue weighted by molar-refractivity contribution is 6.06. The van der Waals surface area contributed by atoms with Gasteiger partial charge in [-0.2, -0.15) is 5.10 Å². The first kappa shape index (κ1) is 20.0. The van der Waals surface area contributed by atoms with Crippen LogP contribution >= 0.6 is 0 Å². The number of Topliss-reactive ketones (excluding diaryl/α,β-unsaturated/α-hetero) is 2. The molecule has 0 amide bonds. The molecule has 3 aliphatic rings. The maximum Gasteiger partial charge on any atom is 0.163 e. The van der Waals surface area contributed by atoms with Crippen molar-refractivity contribution in [3.05, 3.63) is 64.8 Å². The van der Waals surface area contributed by atoms with Gasteiger partial charge in [0.1, 0.15) is 11.5 Å². The lowest BCUT2D eigenvalue weighted by Crippen LogP contribution is -2.37. The molecule has 0 unspecified atom stereocenters. The van der Waals surface area contributed by atoms with Gasteiger partial charge in [0.05, 0.1) is 17.8 Å². The second kappa shape index (κ2) is 6.78. The van der Waals surface area contributed by atoms with Gasteiger partial charge in [-0.05, 0) is 16.4 Å². The molecule has 2 aliphatic carbocycles. The Hall–Kier alpha value is -2.95. The molecule has 0 saturated carbocycles. The summed E-state index contributed by atoms with van der Waals surface area (Å²) in [6.07, 6.45) is 4.05. The van der Waals surface area contributed by atoms with E-state index in [0.29, 0.717) is 36.8 Å². The number of ketones is 2. The maximum absolute atomic E-state index is 13.4. The molecule has 0 atom stereocenters. The number of aromatic amines is 1. The van der Waals surface area contributed by atoms with E-state index in [2.05, 4.69) is 37.9 Å². The van der Waals surface area contributed by atoms with Gasteiger partial charge < -0.3 is 4.74 Å². The molecule has 160 valence electrons. The fourth-order valence-electron chi connectivity index (χ4n) is 5.34. The second-order valence-electron chi connectivity index (χ2n) is 10.7. The molecule has 1 aliphatic heterocycles. The number of hydrogen-bond acceptors (Lipinski definition) is 4. The zero-order valence-corrected chi connectivity index (χ0v) is 18.5. The predicted octanol–water partition coefficient (Wildman–Crippen LogP) is 5.48. The van der Waals surface area contributed by atoms with Crippen LogP contribution in [0.4, 0.5) is 0 Å². The lowest BCUT2D eigenvalue weighted by atomic mass is 9.65.